The molecule has 1 saturated carbocycles. The highest BCUT2D eigenvalue weighted by molar-refractivity contribution is 14.1. The van der Waals surface area contributed by atoms with E-state index in [1.807, 2.05) is 6.20 Å². The van der Waals surface area contributed by atoms with Crippen LogP contribution in [0.5, 0.6) is 0 Å². The summed E-state index contributed by atoms with van der Waals surface area (Å²) in [6, 6.07) is 0. The predicted molar refractivity (Wildman–Crippen MR) is 70.0 cm³/mol. The standard InChI is InChI=1S/C11H16IN3/c1-2-5-15(7-9-3-4-9)11-10(12)6-13-8-14-11/h6,8-9H,2-5,7H2,1H3. The van der Waals surface area contributed by atoms with Crippen LogP contribution in [0.4, 0.5) is 5.82 Å². The van der Waals surface area contributed by atoms with Crippen molar-refractivity contribution in [2.24, 2.45) is 5.92 Å². The Morgan fingerprint density at radius 2 is 2.33 bits per heavy atom. The Morgan fingerprint density at radius 3 is 2.93 bits per heavy atom. The van der Waals surface area contributed by atoms with Gasteiger partial charge in [-0.05, 0) is 47.8 Å². The summed E-state index contributed by atoms with van der Waals surface area (Å²) in [5.41, 5.74) is 0. The molecule has 1 aromatic heterocycles. The smallest absolute Gasteiger partial charge is 0.145 e. The molecule has 1 aromatic rings. The Hall–Kier alpha value is -0.390. The molecule has 1 fully saturated rings. The van der Waals surface area contributed by atoms with Crippen LogP contribution in [0, 0.1) is 9.49 Å². The zero-order valence-electron chi connectivity index (χ0n) is 8.99. The van der Waals surface area contributed by atoms with Gasteiger partial charge < -0.3 is 4.90 Å². The highest BCUT2D eigenvalue weighted by atomic mass is 127. The molecule has 3 nitrogen and oxygen atoms in total. The van der Waals surface area contributed by atoms with E-state index < -0.39 is 0 Å². The van der Waals surface area contributed by atoms with Gasteiger partial charge in [0, 0.05) is 19.3 Å². The van der Waals surface area contributed by atoms with Gasteiger partial charge in [0.25, 0.3) is 0 Å². The zero-order valence-corrected chi connectivity index (χ0v) is 11.1. The van der Waals surface area contributed by atoms with E-state index >= 15 is 0 Å². The molecule has 0 saturated heterocycles. The fourth-order valence-corrected chi connectivity index (χ4v) is 2.35. The molecule has 0 N–H and O–H groups in total. The lowest BCUT2D eigenvalue weighted by Gasteiger charge is -2.23. The molecule has 1 aliphatic rings. The average molecular weight is 317 g/mol. The number of halogens is 1. The number of nitrogens with zero attached hydrogens (tertiary/aromatic N) is 3. The van der Waals surface area contributed by atoms with Crippen LogP contribution in [0.2, 0.25) is 0 Å². The van der Waals surface area contributed by atoms with E-state index in [1.54, 1.807) is 6.33 Å². The zero-order chi connectivity index (χ0) is 10.7. The van der Waals surface area contributed by atoms with Crippen LogP contribution in [0.1, 0.15) is 26.2 Å². The summed E-state index contributed by atoms with van der Waals surface area (Å²) in [5, 5.41) is 0. The third-order valence-electron chi connectivity index (χ3n) is 2.62. The molecule has 0 atom stereocenters. The topological polar surface area (TPSA) is 29.0 Å². The van der Waals surface area contributed by atoms with Crippen molar-refractivity contribution in [2.45, 2.75) is 26.2 Å². The molecule has 82 valence electrons. The van der Waals surface area contributed by atoms with E-state index in [2.05, 4.69) is 44.4 Å². The molecular formula is C11H16IN3. The van der Waals surface area contributed by atoms with Crippen molar-refractivity contribution in [3.8, 4) is 0 Å². The van der Waals surface area contributed by atoms with E-state index in [-0.39, 0.29) is 0 Å². The van der Waals surface area contributed by atoms with Crippen LogP contribution in [0.15, 0.2) is 12.5 Å². The molecule has 4 heteroatoms. The maximum atomic E-state index is 4.39. The number of anilines is 1. The first-order valence-corrected chi connectivity index (χ1v) is 6.59. The second-order valence-electron chi connectivity index (χ2n) is 4.08. The maximum absolute atomic E-state index is 4.39. The number of hydrogen-bond acceptors (Lipinski definition) is 3. The summed E-state index contributed by atoms with van der Waals surface area (Å²) in [4.78, 5) is 10.8. The first-order chi connectivity index (χ1) is 7.31. The van der Waals surface area contributed by atoms with Gasteiger partial charge in [-0.15, -0.1) is 0 Å². The first-order valence-electron chi connectivity index (χ1n) is 5.51. The minimum absolute atomic E-state index is 0.905. The normalized spacial score (nSPS) is 15.3. The van der Waals surface area contributed by atoms with Crippen molar-refractivity contribution >= 4 is 28.4 Å². The van der Waals surface area contributed by atoms with Crippen LogP contribution in [0.25, 0.3) is 0 Å². The molecule has 0 aliphatic heterocycles. The van der Waals surface area contributed by atoms with Crippen molar-refractivity contribution in [1.29, 1.82) is 0 Å². The molecule has 1 aliphatic carbocycles. The molecule has 0 spiro atoms. The van der Waals surface area contributed by atoms with E-state index in [0.717, 1.165) is 21.9 Å². The van der Waals surface area contributed by atoms with Gasteiger partial charge >= 0.3 is 0 Å². The number of hydrogen-bond donors (Lipinski definition) is 0. The predicted octanol–water partition coefficient (Wildman–Crippen LogP) is 2.71. The van der Waals surface area contributed by atoms with E-state index in [0.29, 0.717) is 0 Å². The largest absolute Gasteiger partial charge is 0.355 e. The lowest BCUT2D eigenvalue weighted by atomic mass is 10.3. The van der Waals surface area contributed by atoms with Crippen molar-refractivity contribution in [3.63, 3.8) is 0 Å². The average Bonchev–Trinajstić information content (AvgIpc) is 3.02. The Morgan fingerprint density at radius 1 is 1.53 bits per heavy atom. The summed E-state index contributed by atoms with van der Waals surface area (Å²) in [5.74, 6) is 2.02. The second-order valence-corrected chi connectivity index (χ2v) is 5.25. The minimum atomic E-state index is 0.905. The molecule has 1 heterocycles. The molecule has 2 rings (SSSR count). The minimum Gasteiger partial charge on any atom is -0.355 e. The van der Waals surface area contributed by atoms with Gasteiger partial charge in [0.05, 0.1) is 3.57 Å². The van der Waals surface area contributed by atoms with Gasteiger partial charge in [0.2, 0.25) is 0 Å². The SMILES string of the molecule is CCCN(CC1CC1)c1ncncc1I. The summed E-state index contributed by atoms with van der Waals surface area (Å²) >= 11 is 2.32. The summed E-state index contributed by atoms with van der Waals surface area (Å²) in [6.07, 6.45) is 7.49. The Labute approximate surface area is 104 Å². The van der Waals surface area contributed by atoms with Crippen LogP contribution in [0.3, 0.4) is 0 Å². The number of rotatable bonds is 5. The fraction of sp³-hybridized carbons (Fsp3) is 0.636. The van der Waals surface area contributed by atoms with Crippen molar-refractivity contribution in [3.05, 3.63) is 16.1 Å². The van der Waals surface area contributed by atoms with Gasteiger partial charge in [-0.2, -0.15) is 0 Å². The molecule has 0 bridgehead atoms. The lowest BCUT2D eigenvalue weighted by Crippen LogP contribution is -2.28. The highest BCUT2D eigenvalue weighted by Crippen LogP contribution is 2.31. The van der Waals surface area contributed by atoms with Crippen LogP contribution < -0.4 is 4.90 Å². The quantitative estimate of drug-likeness (QED) is 0.782. The van der Waals surface area contributed by atoms with Crippen LogP contribution in [-0.2, 0) is 0 Å². The summed E-state index contributed by atoms with van der Waals surface area (Å²) in [7, 11) is 0. The summed E-state index contributed by atoms with van der Waals surface area (Å²) < 4.78 is 1.16. The van der Waals surface area contributed by atoms with Crippen LogP contribution >= 0.6 is 22.6 Å². The first kappa shape index (κ1) is 11.1. The van der Waals surface area contributed by atoms with Gasteiger partial charge in [-0.1, -0.05) is 6.92 Å². The van der Waals surface area contributed by atoms with Crippen molar-refractivity contribution < 1.29 is 0 Å². The van der Waals surface area contributed by atoms with E-state index in [1.165, 1.54) is 25.8 Å². The Balaban J connectivity index is 2.11. The molecule has 0 radical (unpaired) electrons. The second kappa shape index (κ2) is 5.09. The van der Waals surface area contributed by atoms with Gasteiger partial charge in [0.15, 0.2) is 0 Å². The van der Waals surface area contributed by atoms with Crippen molar-refractivity contribution in [1.82, 2.24) is 9.97 Å². The van der Waals surface area contributed by atoms with Gasteiger partial charge in [-0.25, -0.2) is 9.97 Å². The summed E-state index contributed by atoms with van der Waals surface area (Å²) in [6.45, 7) is 4.48. The van der Waals surface area contributed by atoms with E-state index in [9.17, 15) is 0 Å². The van der Waals surface area contributed by atoms with Crippen molar-refractivity contribution in [2.75, 3.05) is 18.0 Å². The van der Waals surface area contributed by atoms with Crippen LogP contribution in [-0.4, -0.2) is 23.1 Å². The Bertz CT molecular complexity index is 325. The molecule has 0 aromatic carbocycles. The number of aromatic nitrogens is 2. The highest BCUT2D eigenvalue weighted by Gasteiger charge is 2.25. The third-order valence-corrected chi connectivity index (χ3v) is 3.38. The maximum Gasteiger partial charge on any atom is 0.145 e. The van der Waals surface area contributed by atoms with Gasteiger partial charge in [0.1, 0.15) is 12.1 Å². The van der Waals surface area contributed by atoms with Gasteiger partial charge in [-0.3, -0.25) is 0 Å². The lowest BCUT2D eigenvalue weighted by molar-refractivity contribution is 0.696. The molecule has 15 heavy (non-hydrogen) atoms. The molecule has 0 amide bonds. The molecule has 0 unspecified atom stereocenters. The third kappa shape index (κ3) is 3.03. The molecular weight excluding hydrogens is 301 g/mol. The fourth-order valence-electron chi connectivity index (χ4n) is 1.70. The van der Waals surface area contributed by atoms with E-state index in [4.69, 9.17) is 0 Å². The Kier molecular flexibility index (Phi) is 3.77. The monoisotopic (exact) mass is 317 g/mol.